The molecule has 1 heterocycles. The minimum Gasteiger partial charge on any atom is -0.444 e. The molecule has 1 saturated heterocycles. The van der Waals surface area contributed by atoms with E-state index in [1.54, 1.807) is 0 Å². The molecular weight excluding hydrogens is 366 g/mol. The SMILES string of the molecule is CC1CC(C)CN(Cc2ccccc2CNC(=O)CCNC(=O)OC(C)(C)C)C1. The van der Waals surface area contributed by atoms with Crippen molar-refractivity contribution in [1.82, 2.24) is 15.5 Å². The van der Waals surface area contributed by atoms with Gasteiger partial charge >= 0.3 is 6.09 Å². The van der Waals surface area contributed by atoms with Crippen LogP contribution in [-0.2, 0) is 22.6 Å². The Morgan fingerprint density at radius 3 is 2.31 bits per heavy atom. The molecular formula is C23H37N3O3. The summed E-state index contributed by atoms with van der Waals surface area (Å²) < 4.78 is 5.17. The van der Waals surface area contributed by atoms with Gasteiger partial charge in [0.2, 0.25) is 5.91 Å². The van der Waals surface area contributed by atoms with Crippen LogP contribution < -0.4 is 10.6 Å². The summed E-state index contributed by atoms with van der Waals surface area (Å²) in [5.41, 5.74) is 1.87. The molecule has 0 saturated carbocycles. The zero-order valence-electron chi connectivity index (χ0n) is 18.6. The lowest BCUT2D eigenvalue weighted by molar-refractivity contribution is -0.121. The lowest BCUT2D eigenvalue weighted by atomic mass is 9.91. The maximum atomic E-state index is 12.2. The topological polar surface area (TPSA) is 70.7 Å². The summed E-state index contributed by atoms with van der Waals surface area (Å²) in [5.74, 6) is 1.36. The third-order valence-electron chi connectivity index (χ3n) is 4.95. The number of ether oxygens (including phenoxy) is 1. The van der Waals surface area contributed by atoms with Gasteiger partial charge < -0.3 is 15.4 Å². The summed E-state index contributed by atoms with van der Waals surface area (Å²) >= 11 is 0. The minimum atomic E-state index is -0.542. The maximum absolute atomic E-state index is 12.2. The molecule has 6 nitrogen and oxygen atoms in total. The Hall–Kier alpha value is -2.08. The predicted octanol–water partition coefficient (Wildman–Crippen LogP) is 3.70. The van der Waals surface area contributed by atoms with Gasteiger partial charge in [0.15, 0.2) is 0 Å². The molecule has 2 unspecified atom stereocenters. The fraction of sp³-hybridized carbons (Fsp3) is 0.652. The molecule has 29 heavy (non-hydrogen) atoms. The molecule has 162 valence electrons. The zero-order chi connectivity index (χ0) is 21.4. The standard InChI is InChI=1S/C23H37N3O3/c1-17-12-18(2)15-26(14-17)16-20-9-7-6-8-19(20)13-25-21(27)10-11-24-22(28)29-23(3,4)5/h6-9,17-18H,10-16H2,1-5H3,(H,24,28)(H,25,27). The number of hydrogen-bond acceptors (Lipinski definition) is 4. The second-order valence-electron chi connectivity index (χ2n) is 9.36. The number of benzene rings is 1. The van der Waals surface area contributed by atoms with Crippen LogP contribution in [-0.4, -0.2) is 42.1 Å². The number of carbonyl (C=O) groups excluding carboxylic acids is 2. The van der Waals surface area contributed by atoms with Crippen molar-refractivity contribution >= 4 is 12.0 Å². The first-order chi connectivity index (χ1) is 13.6. The Morgan fingerprint density at radius 2 is 1.69 bits per heavy atom. The molecule has 0 bridgehead atoms. The van der Waals surface area contributed by atoms with Crippen molar-refractivity contribution in [2.24, 2.45) is 11.8 Å². The van der Waals surface area contributed by atoms with Gasteiger partial charge in [-0.05, 0) is 50.2 Å². The van der Waals surface area contributed by atoms with Crippen LogP contribution >= 0.6 is 0 Å². The van der Waals surface area contributed by atoms with Gasteiger partial charge in [-0.15, -0.1) is 0 Å². The molecule has 2 amide bonds. The normalized spacial score (nSPS) is 20.2. The van der Waals surface area contributed by atoms with Crippen molar-refractivity contribution < 1.29 is 14.3 Å². The van der Waals surface area contributed by atoms with Crippen molar-refractivity contribution in [3.8, 4) is 0 Å². The number of hydrogen-bond donors (Lipinski definition) is 2. The molecule has 6 heteroatoms. The molecule has 1 aromatic rings. The summed E-state index contributed by atoms with van der Waals surface area (Å²) in [6.07, 6.45) is 1.02. The number of piperidine rings is 1. The number of amides is 2. The monoisotopic (exact) mass is 403 g/mol. The number of nitrogens with zero attached hydrogens (tertiary/aromatic N) is 1. The highest BCUT2D eigenvalue weighted by Gasteiger charge is 2.22. The van der Waals surface area contributed by atoms with Crippen molar-refractivity contribution in [1.29, 1.82) is 0 Å². The van der Waals surface area contributed by atoms with E-state index in [0.717, 1.165) is 37.0 Å². The average Bonchev–Trinajstić information content (AvgIpc) is 2.58. The average molecular weight is 404 g/mol. The predicted molar refractivity (Wildman–Crippen MR) is 115 cm³/mol. The van der Waals surface area contributed by atoms with E-state index in [1.807, 2.05) is 26.8 Å². The Bertz CT molecular complexity index is 674. The van der Waals surface area contributed by atoms with E-state index in [9.17, 15) is 9.59 Å². The van der Waals surface area contributed by atoms with E-state index in [0.29, 0.717) is 6.54 Å². The number of nitrogens with one attached hydrogen (secondary N) is 2. The third-order valence-corrected chi connectivity index (χ3v) is 4.95. The van der Waals surface area contributed by atoms with Crippen molar-refractivity contribution in [2.75, 3.05) is 19.6 Å². The lowest BCUT2D eigenvalue weighted by Crippen LogP contribution is -2.38. The highest BCUT2D eigenvalue weighted by molar-refractivity contribution is 5.77. The zero-order valence-corrected chi connectivity index (χ0v) is 18.6. The van der Waals surface area contributed by atoms with E-state index in [4.69, 9.17) is 4.74 Å². The van der Waals surface area contributed by atoms with Crippen LogP contribution in [0.4, 0.5) is 4.79 Å². The number of likely N-dealkylation sites (tertiary alicyclic amines) is 1. The lowest BCUT2D eigenvalue weighted by Gasteiger charge is -2.35. The van der Waals surface area contributed by atoms with Gasteiger partial charge in [0.1, 0.15) is 5.60 Å². The summed E-state index contributed by atoms with van der Waals surface area (Å²) in [5, 5.41) is 5.58. The fourth-order valence-electron chi connectivity index (χ4n) is 3.92. The van der Waals surface area contributed by atoms with E-state index in [1.165, 1.54) is 12.0 Å². The van der Waals surface area contributed by atoms with E-state index >= 15 is 0 Å². The fourth-order valence-corrected chi connectivity index (χ4v) is 3.92. The second kappa shape index (κ2) is 10.6. The van der Waals surface area contributed by atoms with Gasteiger partial charge in [-0.2, -0.15) is 0 Å². The van der Waals surface area contributed by atoms with Gasteiger partial charge in [-0.3, -0.25) is 9.69 Å². The first-order valence-corrected chi connectivity index (χ1v) is 10.6. The van der Waals surface area contributed by atoms with E-state index in [-0.39, 0.29) is 18.9 Å². The first-order valence-electron chi connectivity index (χ1n) is 10.6. The van der Waals surface area contributed by atoms with E-state index < -0.39 is 11.7 Å². The minimum absolute atomic E-state index is 0.0870. The third kappa shape index (κ3) is 8.86. The Balaban J connectivity index is 1.79. The van der Waals surface area contributed by atoms with Gasteiger partial charge in [0.05, 0.1) is 0 Å². The van der Waals surface area contributed by atoms with Crippen molar-refractivity contribution in [3.63, 3.8) is 0 Å². The number of carbonyl (C=O) groups is 2. The molecule has 1 aliphatic heterocycles. The molecule has 1 aromatic carbocycles. The van der Waals surface area contributed by atoms with Crippen LogP contribution in [0.2, 0.25) is 0 Å². The summed E-state index contributed by atoms with van der Waals surface area (Å²) in [7, 11) is 0. The van der Waals surface area contributed by atoms with Crippen LogP contribution in [0.3, 0.4) is 0 Å². The van der Waals surface area contributed by atoms with Gasteiger partial charge in [-0.25, -0.2) is 4.79 Å². The van der Waals surface area contributed by atoms with Crippen LogP contribution in [0.5, 0.6) is 0 Å². The van der Waals surface area contributed by atoms with Gasteiger partial charge in [-0.1, -0.05) is 38.1 Å². The molecule has 2 N–H and O–H groups in total. The van der Waals surface area contributed by atoms with Gasteiger partial charge in [0.25, 0.3) is 0 Å². The van der Waals surface area contributed by atoms with E-state index in [2.05, 4.69) is 47.6 Å². The molecule has 0 aliphatic carbocycles. The van der Waals surface area contributed by atoms with Crippen LogP contribution in [0.1, 0.15) is 58.6 Å². The number of alkyl carbamates (subject to hydrolysis) is 1. The molecule has 0 radical (unpaired) electrons. The van der Waals surface area contributed by atoms with Gasteiger partial charge in [0, 0.05) is 39.1 Å². The summed E-state index contributed by atoms with van der Waals surface area (Å²) in [6.45, 7) is 14.0. The highest BCUT2D eigenvalue weighted by Crippen LogP contribution is 2.23. The maximum Gasteiger partial charge on any atom is 0.407 e. The Morgan fingerprint density at radius 1 is 1.07 bits per heavy atom. The molecule has 1 fully saturated rings. The van der Waals surface area contributed by atoms with Crippen molar-refractivity contribution in [2.45, 2.75) is 66.2 Å². The van der Waals surface area contributed by atoms with Crippen LogP contribution in [0.25, 0.3) is 0 Å². The van der Waals surface area contributed by atoms with Crippen molar-refractivity contribution in [3.05, 3.63) is 35.4 Å². The molecule has 2 atom stereocenters. The molecule has 2 rings (SSSR count). The molecule has 0 aromatic heterocycles. The molecule has 0 spiro atoms. The summed E-state index contributed by atoms with van der Waals surface area (Å²) in [6, 6.07) is 8.29. The smallest absolute Gasteiger partial charge is 0.407 e. The number of rotatable bonds is 7. The first kappa shape index (κ1) is 23.2. The second-order valence-corrected chi connectivity index (χ2v) is 9.36. The largest absolute Gasteiger partial charge is 0.444 e. The quantitative estimate of drug-likeness (QED) is 0.728. The highest BCUT2D eigenvalue weighted by atomic mass is 16.6. The summed E-state index contributed by atoms with van der Waals surface area (Å²) in [4.78, 5) is 26.3. The Labute approximate surface area is 175 Å². The Kier molecular flexibility index (Phi) is 8.50. The molecule has 1 aliphatic rings. The van der Waals surface area contributed by atoms with Crippen LogP contribution in [0.15, 0.2) is 24.3 Å². The van der Waals surface area contributed by atoms with Crippen LogP contribution in [0, 0.1) is 11.8 Å².